The molecule has 0 amide bonds. The van der Waals surface area contributed by atoms with Gasteiger partial charge >= 0.3 is 0 Å². The molecule has 1 aromatic carbocycles. The highest BCUT2D eigenvalue weighted by Gasteiger charge is 2.11. The molecule has 5 nitrogen and oxygen atoms in total. The Morgan fingerprint density at radius 2 is 2.11 bits per heavy atom. The number of rotatable bonds is 6. The lowest BCUT2D eigenvalue weighted by Crippen LogP contribution is -2.28. The van der Waals surface area contributed by atoms with Gasteiger partial charge in [-0.05, 0) is 17.7 Å². The van der Waals surface area contributed by atoms with Crippen molar-refractivity contribution in [2.45, 2.75) is 18.9 Å². The van der Waals surface area contributed by atoms with Crippen LogP contribution in [-0.4, -0.2) is 29.9 Å². The molecule has 102 valence electrons. The third kappa shape index (κ3) is 4.11. The molecule has 0 radical (unpaired) electrons. The first-order valence-corrected chi connectivity index (χ1v) is 5.98. The second-order valence-electron chi connectivity index (χ2n) is 4.33. The van der Waals surface area contributed by atoms with Crippen LogP contribution in [0, 0.1) is 5.82 Å². The fourth-order valence-corrected chi connectivity index (χ4v) is 1.73. The molecule has 2 rings (SSSR count). The van der Waals surface area contributed by atoms with Gasteiger partial charge in [0.15, 0.2) is 5.82 Å². The highest BCUT2D eigenvalue weighted by atomic mass is 19.1. The summed E-state index contributed by atoms with van der Waals surface area (Å²) in [4.78, 5) is 4.24. The van der Waals surface area contributed by atoms with Crippen LogP contribution in [0.5, 0.6) is 0 Å². The highest BCUT2D eigenvalue weighted by molar-refractivity contribution is 5.19. The Morgan fingerprint density at radius 3 is 2.79 bits per heavy atom. The van der Waals surface area contributed by atoms with E-state index >= 15 is 0 Å². The van der Waals surface area contributed by atoms with Crippen LogP contribution in [-0.2, 0) is 17.6 Å². The van der Waals surface area contributed by atoms with E-state index in [0.717, 1.165) is 5.56 Å². The van der Waals surface area contributed by atoms with Crippen LogP contribution in [0.4, 0.5) is 4.39 Å². The summed E-state index contributed by atoms with van der Waals surface area (Å²) in [6.07, 6.45) is 0.980. The van der Waals surface area contributed by atoms with Crippen LogP contribution >= 0.6 is 0 Å². The van der Waals surface area contributed by atoms with Gasteiger partial charge in [-0.2, -0.15) is 4.98 Å². The summed E-state index contributed by atoms with van der Waals surface area (Å²) in [5, 5.41) is 3.87. The predicted molar refractivity (Wildman–Crippen MR) is 67.1 cm³/mol. The number of nitrogens with zero attached hydrogens (tertiary/aromatic N) is 2. The van der Waals surface area contributed by atoms with Crippen molar-refractivity contribution in [3.05, 3.63) is 47.4 Å². The maximum Gasteiger partial charge on any atom is 0.228 e. The molecule has 1 atom stereocenters. The molecule has 0 saturated carbocycles. The molecule has 1 unspecified atom stereocenters. The molecular formula is C13H16FN3O2. The highest BCUT2D eigenvalue weighted by Crippen LogP contribution is 2.09. The molecule has 0 spiro atoms. The zero-order valence-electron chi connectivity index (χ0n) is 10.7. The number of ether oxygens (including phenoxy) is 1. The number of aromatic nitrogens is 2. The average Bonchev–Trinajstić information content (AvgIpc) is 2.80. The summed E-state index contributed by atoms with van der Waals surface area (Å²) in [7, 11) is 1.59. The Labute approximate surface area is 110 Å². The van der Waals surface area contributed by atoms with Crippen molar-refractivity contribution < 1.29 is 13.7 Å². The number of hydrogen-bond acceptors (Lipinski definition) is 5. The first kappa shape index (κ1) is 13.6. The number of halogens is 1. The van der Waals surface area contributed by atoms with E-state index < -0.39 is 0 Å². The van der Waals surface area contributed by atoms with Gasteiger partial charge in [-0.15, -0.1) is 0 Å². The Hall–Kier alpha value is -1.79. The van der Waals surface area contributed by atoms with Crippen molar-refractivity contribution in [2.24, 2.45) is 5.73 Å². The molecule has 0 bridgehead atoms. The zero-order valence-corrected chi connectivity index (χ0v) is 10.7. The minimum absolute atomic E-state index is 0.163. The van der Waals surface area contributed by atoms with E-state index in [9.17, 15) is 4.39 Å². The number of benzene rings is 1. The van der Waals surface area contributed by atoms with Gasteiger partial charge in [0, 0.05) is 26.0 Å². The monoisotopic (exact) mass is 265 g/mol. The summed E-state index contributed by atoms with van der Waals surface area (Å²) < 4.78 is 22.8. The number of nitrogens with two attached hydrogens (primary N) is 1. The quantitative estimate of drug-likeness (QED) is 0.852. The van der Waals surface area contributed by atoms with Crippen molar-refractivity contribution >= 4 is 0 Å². The minimum Gasteiger partial charge on any atom is -0.383 e. The normalized spacial score (nSPS) is 12.6. The van der Waals surface area contributed by atoms with E-state index in [0.29, 0.717) is 31.2 Å². The summed E-state index contributed by atoms with van der Waals surface area (Å²) in [5.41, 5.74) is 6.73. The Kier molecular flexibility index (Phi) is 4.59. The Bertz CT molecular complexity index is 513. The number of hydrogen-bond donors (Lipinski definition) is 1. The van der Waals surface area contributed by atoms with E-state index in [4.69, 9.17) is 15.0 Å². The van der Waals surface area contributed by atoms with Crippen LogP contribution in [0.1, 0.15) is 17.3 Å². The molecule has 19 heavy (non-hydrogen) atoms. The average molecular weight is 265 g/mol. The van der Waals surface area contributed by atoms with Crippen LogP contribution in [0.25, 0.3) is 0 Å². The van der Waals surface area contributed by atoms with Gasteiger partial charge in [0.1, 0.15) is 5.82 Å². The van der Waals surface area contributed by atoms with Gasteiger partial charge in [-0.3, -0.25) is 0 Å². The van der Waals surface area contributed by atoms with Crippen LogP contribution in [0.3, 0.4) is 0 Å². The molecule has 0 aliphatic rings. The number of methoxy groups -OCH3 is 1. The topological polar surface area (TPSA) is 74.2 Å². The first-order chi connectivity index (χ1) is 9.17. The maximum absolute atomic E-state index is 12.8. The van der Waals surface area contributed by atoms with E-state index in [1.807, 2.05) is 0 Å². The fourth-order valence-electron chi connectivity index (χ4n) is 1.73. The zero-order chi connectivity index (χ0) is 13.7. The van der Waals surface area contributed by atoms with Gasteiger partial charge in [-0.1, -0.05) is 17.3 Å². The van der Waals surface area contributed by atoms with Gasteiger partial charge in [0.2, 0.25) is 5.89 Å². The van der Waals surface area contributed by atoms with E-state index in [2.05, 4.69) is 10.1 Å². The summed E-state index contributed by atoms with van der Waals surface area (Å²) in [6.45, 7) is 0.440. The van der Waals surface area contributed by atoms with Crippen LogP contribution in [0.2, 0.25) is 0 Å². The van der Waals surface area contributed by atoms with Gasteiger partial charge in [0.25, 0.3) is 0 Å². The van der Waals surface area contributed by atoms with Crippen molar-refractivity contribution in [2.75, 3.05) is 13.7 Å². The van der Waals surface area contributed by atoms with E-state index in [1.165, 1.54) is 12.1 Å². The molecule has 0 fully saturated rings. The molecule has 0 saturated heterocycles. The molecule has 1 heterocycles. The van der Waals surface area contributed by atoms with Crippen LogP contribution in [0.15, 0.2) is 28.8 Å². The Morgan fingerprint density at radius 1 is 1.37 bits per heavy atom. The molecule has 6 heteroatoms. The van der Waals surface area contributed by atoms with Crippen molar-refractivity contribution in [3.63, 3.8) is 0 Å². The molecule has 0 aliphatic carbocycles. The van der Waals surface area contributed by atoms with Crippen LogP contribution < -0.4 is 5.73 Å². The molecule has 1 aromatic heterocycles. The largest absolute Gasteiger partial charge is 0.383 e. The van der Waals surface area contributed by atoms with Gasteiger partial charge < -0.3 is 15.0 Å². The summed E-state index contributed by atoms with van der Waals surface area (Å²) >= 11 is 0. The fraction of sp³-hybridized carbons (Fsp3) is 0.385. The molecule has 2 N–H and O–H groups in total. The van der Waals surface area contributed by atoms with Crippen molar-refractivity contribution in [3.8, 4) is 0 Å². The predicted octanol–water partition coefficient (Wildman–Crippen LogP) is 1.32. The Balaban J connectivity index is 1.95. The lowest BCUT2D eigenvalue weighted by atomic mass is 10.1. The van der Waals surface area contributed by atoms with Gasteiger partial charge in [-0.25, -0.2) is 4.39 Å². The third-order valence-corrected chi connectivity index (χ3v) is 2.60. The molecule has 2 aromatic rings. The third-order valence-electron chi connectivity index (χ3n) is 2.60. The van der Waals surface area contributed by atoms with Gasteiger partial charge in [0.05, 0.1) is 6.61 Å². The molecule has 0 aliphatic heterocycles. The molecular weight excluding hydrogens is 249 g/mol. The van der Waals surface area contributed by atoms with Crippen molar-refractivity contribution in [1.82, 2.24) is 10.1 Å². The summed E-state index contributed by atoms with van der Waals surface area (Å²) in [6, 6.07) is 6.05. The first-order valence-electron chi connectivity index (χ1n) is 5.98. The maximum atomic E-state index is 12.8. The SMILES string of the molecule is COCC(N)Cc1nc(Cc2ccc(F)cc2)no1. The van der Waals surface area contributed by atoms with E-state index in [-0.39, 0.29) is 11.9 Å². The lowest BCUT2D eigenvalue weighted by Gasteiger charge is -2.05. The second-order valence-corrected chi connectivity index (χ2v) is 4.33. The minimum atomic E-state index is -0.261. The second kappa shape index (κ2) is 6.40. The van der Waals surface area contributed by atoms with Crippen molar-refractivity contribution in [1.29, 1.82) is 0 Å². The standard InChI is InChI=1S/C13H16FN3O2/c1-18-8-11(15)7-13-16-12(17-19-13)6-9-2-4-10(14)5-3-9/h2-5,11H,6-8,15H2,1H3. The van der Waals surface area contributed by atoms with E-state index in [1.54, 1.807) is 19.2 Å². The summed E-state index contributed by atoms with van der Waals surface area (Å²) in [5.74, 6) is 0.788. The lowest BCUT2D eigenvalue weighted by molar-refractivity contribution is 0.176. The smallest absolute Gasteiger partial charge is 0.228 e.